The summed E-state index contributed by atoms with van der Waals surface area (Å²) in [4.78, 5) is 13.9. The number of carbonyl (C=O) groups is 1. The van der Waals surface area contributed by atoms with Crippen molar-refractivity contribution >= 4 is 5.97 Å². The number of rotatable bonds is 13. The van der Waals surface area contributed by atoms with Crippen molar-refractivity contribution in [1.29, 1.82) is 0 Å². The van der Waals surface area contributed by atoms with E-state index in [1.165, 1.54) is 0 Å². The van der Waals surface area contributed by atoms with Gasteiger partial charge in [0.1, 0.15) is 5.75 Å². The van der Waals surface area contributed by atoms with Crippen molar-refractivity contribution in [1.82, 2.24) is 4.90 Å². The summed E-state index contributed by atoms with van der Waals surface area (Å²) in [5.74, 6) is -0.614. The van der Waals surface area contributed by atoms with Gasteiger partial charge in [0, 0.05) is 6.54 Å². The van der Waals surface area contributed by atoms with Gasteiger partial charge in [0.2, 0.25) is 0 Å². The lowest BCUT2D eigenvalue weighted by Gasteiger charge is -2.46. The first-order chi connectivity index (χ1) is 16.1. The Morgan fingerprint density at radius 1 is 0.727 bits per heavy atom. The second kappa shape index (κ2) is 12.2. The van der Waals surface area contributed by atoms with E-state index in [9.17, 15) is 15.0 Å². The minimum absolute atomic E-state index is 0.0439. The average Bonchev–Trinajstić information content (AvgIpc) is 2.84. The number of benzene rings is 3. The van der Waals surface area contributed by atoms with Crippen molar-refractivity contribution in [3.63, 3.8) is 0 Å². The van der Waals surface area contributed by atoms with Crippen LogP contribution in [0, 0.1) is 0 Å². The van der Waals surface area contributed by atoms with E-state index >= 15 is 0 Å². The van der Waals surface area contributed by atoms with Gasteiger partial charge in [-0.3, -0.25) is 9.69 Å². The van der Waals surface area contributed by atoms with Crippen LogP contribution in [-0.2, 0) is 10.3 Å². The number of aliphatic carboxylic acids is 1. The van der Waals surface area contributed by atoms with Crippen LogP contribution in [-0.4, -0.2) is 40.7 Å². The zero-order valence-electron chi connectivity index (χ0n) is 19.1. The largest absolute Gasteiger partial charge is 0.508 e. The molecule has 0 aromatic heterocycles. The minimum atomic E-state index is -0.816. The lowest BCUT2D eigenvalue weighted by Crippen LogP contribution is -2.49. The lowest BCUT2D eigenvalue weighted by atomic mass is 9.75. The Balaban J connectivity index is 2.18. The molecule has 0 unspecified atom stereocenters. The van der Waals surface area contributed by atoms with Gasteiger partial charge in [-0.1, -0.05) is 85.6 Å². The van der Waals surface area contributed by atoms with Gasteiger partial charge in [-0.2, -0.15) is 0 Å². The topological polar surface area (TPSA) is 86.8 Å². The molecule has 0 radical (unpaired) electrons. The number of carboxylic acids is 1. The van der Waals surface area contributed by atoms with Crippen LogP contribution >= 0.6 is 0 Å². The average molecular weight is 447 g/mol. The van der Waals surface area contributed by atoms with Gasteiger partial charge in [0.25, 0.3) is 0 Å². The third-order valence-corrected chi connectivity index (χ3v) is 6.12. The standard InChI is InChI=1S/C28H34N2O3/c29-20-9-1-2-10-21-30(22-19-27(32)33)28(23-11-5-3-6-12-23,24-13-7-4-8-14-24)25-15-17-26(31)18-16-25/h3-8,11-18,31H,1-2,9-10,19-22,29H2,(H,32,33). The molecule has 0 aliphatic carbocycles. The maximum Gasteiger partial charge on any atom is 0.304 e. The highest BCUT2D eigenvalue weighted by Crippen LogP contribution is 2.43. The molecule has 0 heterocycles. The molecule has 3 rings (SSSR count). The van der Waals surface area contributed by atoms with Crippen LogP contribution in [0.1, 0.15) is 48.8 Å². The van der Waals surface area contributed by atoms with Crippen molar-refractivity contribution in [3.05, 3.63) is 102 Å². The van der Waals surface area contributed by atoms with Crippen molar-refractivity contribution in [2.75, 3.05) is 19.6 Å². The number of hydrogen-bond acceptors (Lipinski definition) is 4. The molecule has 0 aliphatic heterocycles. The minimum Gasteiger partial charge on any atom is -0.508 e. The molecule has 0 spiro atoms. The highest BCUT2D eigenvalue weighted by molar-refractivity contribution is 5.67. The zero-order chi connectivity index (χ0) is 23.5. The fraction of sp³-hybridized carbons (Fsp3) is 0.321. The summed E-state index contributed by atoms with van der Waals surface area (Å²) in [6.45, 7) is 1.83. The number of nitrogens with zero attached hydrogens (tertiary/aromatic N) is 1. The monoisotopic (exact) mass is 446 g/mol. The summed E-state index contributed by atoms with van der Waals surface area (Å²) < 4.78 is 0. The Labute approximate surface area is 196 Å². The molecule has 4 N–H and O–H groups in total. The van der Waals surface area contributed by atoms with Crippen LogP contribution in [0.3, 0.4) is 0 Å². The van der Waals surface area contributed by atoms with Crippen molar-refractivity contribution in [3.8, 4) is 5.75 Å². The Morgan fingerprint density at radius 2 is 1.24 bits per heavy atom. The molecule has 33 heavy (non-hydrogen) atoms. The van der Waals surface area contributed by atoms with Crippen molar-refractivity contribution in [2.45, 2.75) is 37.6 Å². The van der Waals surface area contributed by atoms with E-state index in [1.54, 1.807) is 12.1 Å². The molecule has 0 saturated carbocycles. The number of unbranched alkanes of at least 4 members (excludes halogenated alkanes) is 3. The van der Waals surface area contributed by atoms with E-state index in [0.717, 1.165) is 48.9 Å². The zero-order valence-corrected chi connectivity index (χ0v) is 19.1. The van der Waals surface area contributed by atoms with E-state index in [0.29, 0.717) is 13.1 Å². The van der Waals surface area contributed by atoms with Gasteiger partial charge < -0.3 is 15.9 Å². The van der Waals surface area contributed by atoms with Gasteiger partial charge in [-0.05, 0) is 54.8 Å². The third kappa shape index (κ3) is 6.01. The Morgan fingerprint density at radius 3 is 1.76 bits per heavy atom. The smallest absolute Gasteiger partial charge is 0.304 e. The van der Waals surface area contributed by atoms with Gasteiger partial charge in [-0.15, -0.1) is 0 Å². The van der Waals surface area contributed by atoms with Crippen LogP contribution in [0.2, 0.25) is 0 Å². The summed E-state index contributed by atoms with van der Waals surface area (Å²) in [5.41, 5.74) is 8.09. The predicted molar refractivity (Wildman–Crippen MR) is 132 cm³/mol. The lowest BCUT2D eigenvalue weighted by molar-refractivity contribution is -0.137. The molecule has 0 amide bonds. The van der Waals surface area contributed by atoms with E-state index in [1.807, 2.05) is 48.5 Å². The molecule has 0 aliphatic rings. The molecule has 0 fully saturated rings. The maximum atomic E-state index is 11.6. The summed E-state index contributed by atoms with van der Waals surface area (Å²) in [6.07, 6.45) is 4.08. The Hall–Kier alpha value is -3.15. The molecule has 5 nitrogen and oxygen atoms in total. The van der Waals surface area contributed by atoms with Crippen LogP contribution in [0.4, 0.5) is 0 Å². The molecular weight excluding hydrogens is 412 g/mol. The molecule has 3 aromatic carbocycles. The first kappa shape index (κ1) is 24.5. The van der Waals surface area contributed by atoms with E-state index in [2.05, 4.69) is 29.2 Å². The summed E-state index contributed by atoms with van der Waals surface area (Å²) in [7, 11) is 0. The Kier molecular flexibility index (Phi) is 9.04. The number of carboxylic acid groups (broad SMARTS) is 1. The fourth-order valence-electron chi connectivity index (χ4n) is 4.59. The van der Waals surface area contributed by atoms with Crippen molar-refractivity contribution in [2.24, 2.45) is 5.73 Å². The number of nitrogens with two attached hydrogens (primary N) is 1. The first-order valence-corrected chi connectivity index (χ1v) is 11.7. The quantitative estimate of drug-likeness (QED) is 0.255. The van der Waals surface area contributed by atoms with Gasteiger partial charge in [0.15, 0.2) is 0 Å². The van der Waals surface area contributed by atoms with Crippen LogP contribution in [0.15, 0.2) is 84.9 Å². The molecule has 174 valence electrons. The molecule has 0 atom stereocenters. The van der Waals surface area contributed by atoms with Gasteiger partial charge in [0.05, 0.1) is 12.0 Å². The number of phenols is 1. The predicted octanol–water partition coefficient (Wildman–Crippen LogP) is 4.98. The maximum absolute atomic E-state index is 11.6. The summed E-state index contributed by atoms with van der Waals surface area (Å²) in [5, 5.41) is 19.5. The Bertz CT molecular complexity index is 936. The van der Waals surface area contributed by atoms with E-state index in [-0.39, 0.29) is 12.2 Å². The third-order valence-electron chi connectivity index (χ3n) is 6.12. The second-order valence-corrected chi connectivity index (χ2v) is 8.32. The molecule has 3 aromatic rings. The summed E-state index contributed by atoms with van der Waals surface area (Å²) >= 11 is 0. The molecule has 5 heteroatoms. The van der Waals surface area contributed by atoms with Crippen LogP contribution in [0.25, 0.3) is 0 Å². The number of aromatic hydroxyl groups is 1. The number of phenolic OH excluding ortho intramolecular Hbond substituents is 1. The van der Waals surface area contributed by atoms with E-state index in [4.69, 9.17) is 5.73 Å². The molecular formula is C28H34N2O3. The highest BCUT2D eigenvalue weighted by atomic mass is 16.4. The summed E-state index contributed by atoms with van der Waals surface area (Å²) in [6, 6.07) is 27.7. The van der Waals surface area contributed by atoms with Crippen molar-refractivity contribution < 1.29 is 15.0 Å². The SMILES string of the molecule is NCCCCCCN(CCC(=O)O)C(c1ccccc1)(c1ccccc1)c1ccc(O)cc1. The normalized spacial score (nSPS) is 11.6. The molecule has 0 bridgehead atoms. The highest BCUT2D eigenvalue weighted by Gasteiger charge is 2.41. The second-order valence-electron chi connectivity index (χ2n) is 8.32. The van der Waals surface area contributed by atoms with E-state index < -0.39 is 11.5 Å². The molecule has 0 saturated heterocycles. The van der Waals surface area contributed by atoms with Gasteiger partial charge in [-0.25, -0.2) is 0 Å². The van der Waals surface area contributed by atoms with Gasteiger partial charge >= 0.3 is 5.97 Å². The first-order valence-electron chi connectivity index (χ1n) is 11.7. The number of hydrogen-bond donors (Lipinski definition) is 3. The van der Waals surface area contributed by atoms with Crippen LogP contribution in [0.5, 0.6) is 5.75 Å². The van der Waals surface area contributed by atoms with Crippen LogP contribution < -0.4 is 5.73 Å². The fourth-order valence-corrected chi connectivity index (χ4v) is 4.59.